The lowest BCUT2D eigenvalue weighted by Gasteiger charge is -2.17. The third kappa shape index (κ3) is 5.06. The number of carbonyl (C=O) groups is 2. The molecule has 1 N–H and O–H groups in total. The van der Waals surface area contributed by atoms with Crippen molar-refractivity contribution in [3.05, 3.63) is 83.2 Å². The summed E-state index contributed by atoms with van der Waals surface area (Å²) in [6.07, 6.45) is 0.175. The Balaban J connectivity index is 1.27. The molecular formula is C27H22ClN3O3S. The Bertz CT molecular complexity index is 1370. The zero-order chi connectivity index (χ0) is 24.4. The van der Waals surface area contributed by atoms with Crippen LogP contribution in [0.4, 0.5) is 11.4 Å². The number of rotatable bonds is 6. The number of thiazole rings is 1. The number of benzene rings is 3. The molecule has 0 radical (unpaired) electrons. The third-order valence-corrected chi connectivity index (χ3v) is 7.04. The predicted molar refractivity (Wildman–Crippen MR) is 140 cm³/mol. The summed E-state index contributed by atoms with van der Waals surface area (Å²) in [4.78, 5) is 31.9. The maximum Gasteiger partial charge on any atom is 0.229 e. The van der Waals surface area contributed by atoms with Gasteiger partial charge in [0.05, 0.1) is 18.7 Å². The molecule has 1 saturated heterocycles. The largest absolute Gasteiger partial charge is 0.497 e. The fourth-order valence-electron chi connectivity index (χ4n) is 4.03. The fraction of sp³-hybridized carbons (Fsp3) is 0.148. The molecule has 0 bridgehead atoms. The minimum absolute atomic E-state index is 0.0683. The molecule has 3 aromatic carbocycles. The van der Waals surface area contributed by atoms with E-state index in [0.29, 0.717) is 17.3 Å². The number of hydrogen-bond acceptors (Lipinski definition) is 5. The van der Waals surface area contributed by atoms with Crippen LogP contribution in [0.1, 0.15) is 6.42 Å². The highest BCUT2D eigenvalue weighted by atomic mass is 35.5. The quantitative estimate of drug-likeness (QED) is 0.343. The van der Waals surface area contributed by atoms with Gasteiger partial charge in [-0.1, -0.05) is 35.9 Å². The van der Waals surface area contributed by atoms with Gasteiger partial charge in [0, 0.05) is 45.9 Å². The fourth-order valence-corrected chi connectivity index (χ4v) is 4.99. The standard InChI is InChI=1S/C27H22ClN3O3S/c1-34-23-11-9-22(10-12-23)31-15-19(14-25(31)32)26(33)29-21-4-2-3-18(13-21)24-16-35-27(30-24)17-5-7-20(28)8-6-17/h2-13,16,19H,14-15H2,1H3,(H,29,33). The molecule has 0 aliphatic carbocycles. The van der Waals surface area contributed by atoms with Crippen molar-refractivity contribution in [1.82, 2.24) is 4.98 Å². The van der Waals surface area contributed by atoms with Crippen LogP contribution in [0.25, 0.3) is 21.8 Å². The van der Waals surface area contributed by atoms with Crippen molar-refractivity contribution in [3.8, 4) is 27.6 Å². The molecule has 1 aliphatic rings. The van der Waals surface area contributed by atoms with E-state index in [1.807, 2.05) is 66.0 Å². The number of halogens is 1. The Kier molecular flexibility index (Phi) is 6.53. The molecule has 1 fully saturated rings. The lowest BCUT2D eigenvalue weighted by molar-refractivity contribution is -0.122. The maximum absolute atomic E-state index is 13.0. The molecular weight excluding hydrogens is 482 g/mol. The summed E-state index contributed by atoms with van der Waals surface area (Å²) in [5.41, 5.74) is 4.17. The average Bonchev–Trinajstić information content (AvgIpc) is 3.52. The summed E-state index contributed by atoms with van der Waals surface area (Å²) in [5, 5.41) is 6.55. The summed E-state index contributed by atoms with van der Waals surface area (Å²) >= 11 is 7.54. The van der Waals surface area contributed by atoms with Crippen molar-refractivity contribution in [1.29, 1.82) is 0 Å². The van der Waals surface area contributed by atoms with Gasteiger partial charge in [0.15, 0.2) is 0 Å². The van der Waals surface area contributed by atoms with E-state index in [-0.39, 0.29) is 18.2 Å². The van der Waals surface area contributed by atoms with Crippen LogP contribution in [-0.2, 0) is 9.59 Å². The second-order valence-electron chi connectivity index (χ2n) is 8.22. The molecule has 5 rings (SSSR count). The van der Waals surface area contributed by atoms with E-state index in [1.54, 1.807) is 35.5 Å². The zero-order valence-corrected chi connectivity index (χ0v) is 20.5. The van der Waals surface area contributed by atoms with Crippen LogP contribution in [0.2, 0.25) is 5.02 Å². The van der Waals surface area contributed by atoms with Crippen LogP contribution >= 0.6 is 22.9 Å². The number of ether oxygens (including phenoxy) is 1. The molecule has 2 amide bonds. The van der Waals surface area contributed by atoms with Crippen LogP contribution in [0.15, 0.2) is 78.2 Å². The highest BCUT2D eigenvalue weighted by molar-refractivity contribution is 7.13. The Morgan fingerprint density at radius 3 is 2.60 bits per heavy atom. The summed E-state index contributed by atoms with van der Waals surface area (Å²) < 4.78 is 5.18. The second kappa shape index (κ2) is 9.90. The number of methoxy groups -OCH3 is 1. The zero-order valence-electron chi connectivity index (χ0n) is 18.9. The number of amides is 2. The highest BCUT2D eigenvalue weighted by Gasteiger charge is 2.35. The van der Waals surface area contributed by atoms with Crippen LogP contribution in [0.5, 0.6) is 5.75 Å². The molecule has 0 saturated carbocycles. The number of hydrogen-bond donors (Lipinski definition) is 1. The number of carbonyl (C=O) groups excluding carboxylic acids is 2. The normalized spacial score (nSPS) is 15.3. The van der Waals surface area contributed by atoms with Gasteiger partial charge in [-0.25, -0.2) is 4.98 Å². The van der Waals surface area contributed by atoms with Crippen molar-refractivity contribution in [2.24, 2.45) is 5.92 Å². The van der Waals surface area contributed by atoms with Gasteiger partial charge in [-0.2, -0.15) is 0 Å². The molecule has 176 valence electrons. The lowest BCUT2D eigenvalue weighted by atomic mass is 10.1. The van der Waals surface area contributed by atoms with E-state index >= 15 is 0 Å². The molecule has 1 aliphatic heterocycles. The first-order valence-corrected chi connectivity index (χ1v) is 12.3. The van der Waals surface area contributed by atoms with Gasteiger partial charge >= 0.3 is 0 Å². The molecule has 6 nitrogen and oxygen atoms in total. The number of aromatic nitrogens is 1. The third-order valence-electron chi connectivity index (χ3n) is 5.90. The number of anilines is 2. The predicted octanol–water partition coefficient (Wildman–Crippen LogP) is 6.13. The SMILES string of the molecule is COc1ccc(N2CC(C(=O)Nc3cccc(-c4csc(-c5ccc(Cl)cc5)n4)c3)CC2=O)cc1. The van der Waals surface area contributed by atoms with Crippen LogP contribution in [0, 0.1) is 5.92 Å². The van der Waals surface area contributed by atoms with E-state index in [9.17, 15) is 9.59 Å². The molecule has 2 heterocycles. The van der Waals surface area contributed by atoms with Crippen LogP contribution in [-0.4, -0.2) is 30.5 Å². The molecule has 8 heteroatoms. The lowest BCUT2D eigenvalue weighted by Crippen LogP contribution is -2.28. The maximum atomic E-state index is 13.0. The molecule has 4 aromatic rings. The van der Waals surface area contributed by atoms with Gasteiger partial charge in [-0.15, -0.1) is 11.3 Å². The Morgan fingerprint density at radius 2 is 1.86 bits per heavy atom. The van der Waals surface area contributed by atoms with E-state index in [2.05, 4.69) is 5.32 Å². The second-order valence-corrected chi connectivity index (χ2v) is 9.51. The number of nitrogens with zero attached hydrogens (tertiary/aromatic N) is 2. The Labute approximate surface area is 212 Å². The molecule has 1 atom stereocenters. The summed E-state index contributed by atoms with van der Waals surface area (Å²) in [6, 6.07) is 22.4. The van der Waals surface area contributed by atoms with Gasteiger partial charge < -0.3 is 15.0 Å². The van der Waals surface area contributed by atoms with E-state index < -0.39 is 5.92 Å². The topological polar surface area (TPSA) is 71.5 Å². The van der Waals surface area contributed by atoms with Crippen molar-refractivity contribution >= 4 is 46.1 Å². The minimum atomic E-state index is -0.427. The molecule has 0 spiro atoms. The first-order valence-electron chi connectivity index (χ1n) is 11.1. The number of nitrogens with one attached hydrogen (secondary N) is 1. The van der Waals surface area contributed by atoms with E-state index in [1.165, 1.54) is 0 Å². The van der Waals surface area contributed by atoms with Crippen LogP contribution in [0.3, 0.4) is 0 Å². The van der Waals surface area contributed by atoms with Crippen LogP contribution < -0.4 is 15.0 Å². The van der Waals surface area contributed by atoms with Gasteiger partial charge in [0.2, 0.25) is 11.8 Å². The summed E-state index contributed by atoms with van der Waals surface area (Å²) in [6.45, 7) is 0.341. The van der Waals surface area contributed by atoms with Crippen molar-refractivity contribution < 1.29 is 14.3 Å². The van der Waals surface area contributed by atoms with Gasteiger partial charge in [0.1, 0.15) is 10.8 Å². The first-order chi connectivity index (χ1) is 17.0. The monoisotopic (exact) mass is 503 g/mol. The smallest absolute Gasteiger partial charge is 0.229 e. The van der Waals surface area contributed by atoms with Gasteiger partial charge in [0.25, 0.3) is 0 Å². The van der Waals surface area contributed by atoms with E-state index in [4.69, 9.17) is 21.3 Å². The van der Waals surface area contributed by atoms with Gasteiger partial charge in [-0.3, -0.25) is 9.59 Å². The summed E-state index contributed by atoms with van der Waals surface area (Å²) in [5.74, 6) is 0.0481. The molecule has 1 unspecified atom stereocenters. The van der Waals surface area contributed by atoms with Crippen molar-refractivity contribution in [2.75, 3.05) is 23.9 Å². The Morgan fingerprint density at radius 1 is 1.09 bits per heavy atom. The Hall–Kier alpha value is -3.68. The highest BCUT2D eigenvalue weighted by Crippen LogP contribution is 2.31. The van der Waals surface area contributed by atoms with Gasteiger partial charge in [-0.05, 0) is 48.5 Å². The summed E-state index contributed by atoms with van der Waals surface area (Å²) in [7, 11) is 1.60. The van der Waals surface area contributed by atoms with Crippen molar-refractivity contribution in [2.45, 2.75) is 6.42 Å². The average molecular weight is 504 g/mol. The first kappa shape index (κ1) is 23.1. The molecule has 1 aromatic heterocycles. The minimum Gasteiger partial charge on any atom is -0.497 e. The molecule has 35 heavy (non-hydrogen) atoms. The van der Waals surface area contributed by atoms with Crippen molar-refractivity contribution in [3.63, 3.8) is 0 Å². The van der Waals surface area contributed by atoms with E-state index in [0.717, 1.165) is 33.3 Å².